The van der Waals surface area contributed by atoms with E-state index in [2.05, 4.69) is 0 Å². The van der Waals surface area contributed by atoms with Gasteiger partial charge in [0, 0.05) is 0 Å². The molecule has 0 saturated heterocycles. The van der Waals surface area contributed by atoms with Crippen molar-refractivity contribution in [1.82, 2.24) is 0 Å². The average Bonchev–Trinajstić information content (AvgIpc) is 2.14. The molecule has 1 rings (SSSR count). The number of hydrogen-bond donors (Lipinski definition) is 1. The van der Waals surface area contributed by atoms with Crippen molar-refractivity contribution >= 4 is 25.1 Å². The summed E-state index contributed by atoms with van der Waals surface area (Å²) < 4.78 is 53.7. The van der Waals surface area contributed by atoms with Crippen LogP contribution in [-0.2, 0) is 15.4 Å². The average molecular weight is 301 g/mol. The molecule has 0 radical (unpaired) electrons. The zero-order chi connectivity index (χ0) is 11.5. The van der Waals surface area contributed by atoms with Crippen molar-refractivity contribution in [2.24, 2.45) is 0 Å². The van der Waals surface area contributed by atoms with Gasteiger partial charge in [-0.2, -0.15) is 0 Å². The van der Waals surface area contributed by atoms with Crippen molar-refractivity contribution in [3.8, 4) is 0 Å². The van der Waals surface area contributed by atoms with Crippen LogP contribution in [0.4, 0.5) is 8.78 Å². The summed E-state index contributed by atoms with van der Waals surface area (Å²) in [6.45, 7) is 0. The van der Waals surface area contributed by atoms with Gasteiger partial charge in [-0.15, -0.1) is 0 Å². The molecule has 0 unspecified atom stereocenters. The third kappa shape index (κ3) is 4.25. The summed E-state index contributed by atoms with van der Waals surface area (Å²) in [5.74, 6) is 0. The van der Waals surface area contributed by atoms with E-state index in [1.54, 1.807) is 0 Å². The fourth-order valence-electron chi connectivity index (χ4n) is 0.917. The summed E-state index contributed by atoms with van der Waals surface area (Å²) in [6.07, 6.45) is 0. The molecule has 1 aromatic carbocycles. The van der Waals surface area contributed by atoms with Gasteiger partial charge in [-0.3, -0.25) is 0 Å². The Hall–Kier alpha value is -0.491. The van der Waals surface area contributed by atoms with E-state index in [4.69, 9.17) is 4.55 Å². The van der Waals surface area contributed by atoms with Gasteiger partial charge in [0.1, 0.15) is 0 Å². The van der Waals surface area contributed by atoms with Gasteiger partial charge in [-0.05, 0) is 0 Å². The van der Waals surface area contributed by atoms with Gasteiger partial charge in [0.25, 0.3) is 0 Å². The predicted octanol–water partition coefficient (Wildman–Crippen LogP) is 1.36. The first kappa shape index (κ1) is 12.6. The molecule has 0 fully saturated rings. The van der Waals surface area contributed by atoms with Crippen LogP contribution in [0.5, 0.6) is 0 Å². The summed E-state index contributed by atoms with van der Waals surface area (Å²) in [7, 11) is -4.19. The Morgan fingerprint density at radius 3 is 2.20 bits per heavy atom. The molecule has 3 nitrogen and oxygen atoms in total. The standard InChI is InChI=1S/C8H8F2O3SSe/c9-8(10)15-5-6-1-3-7(4-2-6)14(11,12)13/h1-4,8H,5H2,(H,11,12,13). The van der Waals surface area contributed by atoms with E-state index >= 15 is 0 Å². The Balaban J connectivity index is 2.73. The summed E-state index contributed by atoms with van der Waals surface area (Å²) in [4.78, 5) is -0.226. The summed E-state index contributed by atoms with van der Waals surface area (Å²) >= 11 is -0.792. The Bertz CT molecular complexity index is 416. The molecular formula is C8H8F2O3SSe. The molecule has 0 atom stereocenters. The maximum atomic E-state index is 11.9. The van der Waals surface area contributed by atoms with Crippen molar-refractivity contribution in [2.75, 3.05) is 0 Å². The second kappa shape index (κ2) is 5.03. The van der Waals surface area contributed by atoms with E-state index in [9.17, 15) is 17.2 Å². The molecule has 0 spiro atoms. The monoisotopic (exact) mass is 302 g/mol. The number of alkyl halides is 2. The third-order valence-corrected chi connectivity index (χ3v) is 4.04. The molecule has 0 heterocycles. The van der Waals surface area contributed by atoms with Gasteiger partial charge in [-0.1, -0.05) is 0 Å². The second-order valence-corrected chi connectivity index (χ2v) is 6.16. The van der Waals surface area contributed by atoms with Crippen LogP contribution < -0.4 is 0 Å². The van der Waals surface area contributed by atoms with Crippen LogP contribution in [0.25, 0.3) is 0 Å². The van der Waals surface area contributed by atoms with Gasteiger partial charge in [0.2, 0.25) is 0 Å². The molecule has 1 aromatic rings. The molecule has 15 heavy (non-hydrogen) atoms. The molecule has 0 aromatic heterocycles. The zero-order valence-corrected chi connectivity index (χ0v) is 9.96. The van der Waals surface area contributed by atoms with Crippen LogP contribution in [0, 0.1) is 0 Å². The molecule has 0 aliphatic rings. The molecule has 0 bridgehead atoms. The molecule has 7 heteroatoms. The maximum absolute atomic E-state index is 11.9. The molecular weight excluding hydrogens is 293 g/mol. The minimum absolute atomic E-state index is 0.226. The first-order valence-corrected chi connectivity index (χ1v) is 7.50. The SMILES string of the molecule is O=S(=O)(O)c1ccc(C[Se]C(F)F)cc1. The Morgan fingerprint density at radius 2 is 1.80 bits per heavy atom. The molecule has 0 saturated carbocycles. The first-order valence-electron chi connectivity index (χ1n) is 3.86. The van der Waals surface area contributed by atoms with E-state index in [0.717, 1.165) is 0 Å². The molecule has 0 aliphatic carbocycles. The van der Waals surface area contributed by atoms with E-state index < -0.39 is 30.4 Å². The van der Waals surface area contributed by atoms with Crippen LogP contribution in [-0.4, -0.2) is 33.3 Å². The molecule has 1 N–H and O–H groups in total. The quantitative estimate of drug-likeness (QED) is 0.675. The van der Waals surface area contributed by atoms with Crippen molar-refractivity contribution in [2.45, 2.75) is 15.5 Å². The number of halogens is 2. The zero-order valence-electron chi connectivity index (χ0n) is 7.43. The molecule has 84 valence electrons. The number of hydrogen-bond acceptors (Lipinski definition) is 2. The first-order chi connectivity index (χ1) is 6.89. The van der Waals surface area contributed by atoms with Gasteiger partial charge in [0.15, 0.2) is 0 Å². The predicted molar refractivity (Wildman–Crippen MR) is 51.7 cm³/mol. The van der Waals surface area contributed by atoms with Crippen LogP contribution in [0.1, 0.15) is 5.56 Å². The third-order valence-electron chi connectivity index (χ3n) is 1.60. The van der Waals surface area contributed by atoms with Crippen LogP contribution in [0.3, 0.4) is 0 Å². The Labute approximate surface area is 92.4 Å². The number of rotatable bonds is 4. The summed E-state index contributed by atoms with van der Waals surface area (Å²) in [5, 5.41) is -2.06. The fourth-order valence-corrected chi connectivity index (χ4v) is 2.47. The minimum atomic E-state index is -4.19. The van der Waals surface area contributed by atoms with E-state index in [-0.39, 0.29) is 10.2 Å². The second-order valence-electron chi connectivity index (χ2n) is 2.69. The van der Waals surface area contributed by atoms with Crippen LogP contribution in [0.15, 0.2) is 29.2 Å². The van der Waals surface area contributed by atoms with E-state index in [0.29, 0.717) is 5.56 Å². The molecule has 0 amide bonds. The van der Waals surface area contributed by atoms with Crippen molar-refractivity contribution in [3.05, 3.63) is 29.8 Å². The van der Waals surface area contributed by atoms with Gasteiger partial charge in [0.05, 0.1) is 0 Å². The Morgan fingerprint density at radius 1 is 1.27 bits per heavy atom. The number of benzene rings is 1. The van der Waals surface area contributed by atoms with E-state index in [1.165, 1.54) is 24.3 Å². The van der Waals surface area contributed by atoms with Crippen molar-refractivity contribution < 1.29 is 21.8 Å². The summed E-state index contributed by atoms with van der Waals surface area (Å²) in [6, 6.07) is 5.25. The normalized spacial score (nSPS) is 12.0. The van der Waals surface area contributed by atoms with Gasteiger partial charge < -0.3 is 0 Å². The molecule has 0 aliphatic heterocycles. The van der Waals surface area contributed by atoms with Crippen LogP contribution >= 0.6 is 0 Å². The van der Waals surface area contributed by atoms with Crippen molar-refractivity contribution in [1.29, 1.82) is 0 Å². The van der Waals surface area contributed by atoms with Gasteiger partial charge >= 0.3 is 92.2 Å². The van der Waals surface area contributed by atoms with Crippen molar-refractivity contribution in [3.63, 3.8) is 0 Å². The van der Waals surface area contributed by atoms with E-state index in [1.807, 2.05) is 0 Å². The topological polar surface area (TPSA) is 54.4 Å². The Kier molecular flexibility index (Phi) is 4.21. The fraction of sp³-hybridized carbons (Fsp3) is 0.250. The van der Waals surface area contributed by atoms with Gasteiger partial charge in [-0.25, -0.2) is 0 Å². The summed E-state index contributed by atoms with van der Waals surface area (Å²) in [5.41, 5.74) is 0.641. The van der Waals surface area contributed by atoms with Crippen LogP contribution in [0.2, 0.25) is 0 Å².